The summed E-state index contributed by atoms with van der Waals surface area (Å²) >= 11 is 0. The second kappa shape index (κ2) is 6.29. The third-order valence-corrected chi connectivity index (χ3v) is 4.44. The Morgan fingerprint density at radius 3 is 2.73 bits per heavy atom. The van der Waals surface area contributed by atoms with Crippen molar-refractivity contribution in [3.05, 3.63) is 59.7 Å². The highest BCUT2D eigenvalue weighted by Gasteiger charge is 2.32. The molecule has 1 unspecified atom stereocenters. The molecular formula is C18H15F2N5O. The molecule has 0 radical (unpaired) electrons. The molecule has 0 N–H and O–H groups in total. The lowest BCUT2D eigenvalue weighted by Crippen LogP contribution is -2.35. The maximum Gasteiger partial charge on any atom is 0.253 e. The zero-order valence-electron chi connectivity index (χ0n) is 13.9. The van der Waals surface area contributed by atoms with Crippen LogP contribution >= 0.6 is 0 Å². The van der Waals surface area contributed by atoms with E-state index in [-0.39, 0.29) is 11.6 Å². The predicted molar refractivity (Wildman–Crippen MR) is 90.4 cm³/mol. The third-order valence-electron chi connectivity index (χ3n) is 4.44. The fourth-order valence-corrected chi connectivity index (χ4v) is 3.07. The molecule has 1 aliphatic heterocycles. The molecular weight excluding hydrogens is 340 g/mol. The van der Waals surface area contributed by atoms with E-state index in [0.717, 1.165) is 11.6 Å². The quantitative estimate of drug-likeness (QED) is 0.725. The second-order valence-electron chi connectivity index (χ2n) is 6.10. The average molecular weight is 355 g/mol. The van der Waals surface area contributed by atoms with E-state index < -0.39 is 17.7 Å². The van der Waals surface area contributed by atoms with Gasteiger partial charge in [0, 0.05) is 23.7 Å². The summed E-state index contributed by atoms with van der Waals surface area (Å²) in [7, 11) is 0. The summed E-state index contributed by atoms with van der Waals surface area (Å²) in [6.45, 7) is 1.92. The summed E-state index contributed by atoms with van der Waals surface area (Å²) in [4.78, 5) is 15.4. The van der Waals surface area contributed by atoms with Crippen LogP contribution in [0.2, 0.25) is 0 Å². The summed E-state index contributed by atoms with van der Waals surface area (Å²) < 4.78 is 27.4. The largest absolute Gasteiger partial charge is 0.310 e. The van der Waals surface area contributed by atoms with Gasteiger partial charge in [0.2, 0.25) is 5.82 Å². The van der Waals surface area contributed by atoms with Crippen molar-refractivity contribution in [2.45, 2.75) is 19.4 Å². The van der Waals surface area contributed by atoms with Crippen molar-refractivity contribution < 1.29 is 13.6 Å². The first-order valence-electron chi connectivity index (χ1n) is 8.19. The van der Waals surface area contributed by atoms with Crippen LogP contribution in [0.1, 0.15) is 18.5 Å². The molecule has 1 aliphatic rings. The SMILES string of the molecule is CC(C(=O)N1CCc2c(F)cc(F)cc21)n1nnc(-c2ccccc2)n1. The number of fused-ring (bicyclic) bond motifs is 1. The minimum Gasteiger partial charge on any atom is -0.310 e. The van der Waals surface area contributed by atoms with Crippen LogP contribution in [0.4, 0.5) is 14.5 Å². The molecule has 0 saturated carbocycles. The summed E-state index contributed by atoms with van der Waals surface area (Å²) in [5, 5.41) is 12.2. The highest BCUT2D eigenvalue weighted by atomic mass is 19.1. The molecule has 0 fully saturated rings. The summed E-state index contributed by atoms with van der Waals surface area (Å²) in [6, 6.07) is 10.5. The molecule has 2 aromatic carbocycles. The van der Waals surface area contributed by atoms with E-state index >= 15 is 0 Å². The lowest BCUT2D eigenvalue weighted by atomic mass is 10.1. The van der Waals surface area contributed by atoms with Gasteiger partial charge in [-0.05, 0) is 24.6 Å². The normalized spacial score (nSPS) is 14.3. The summed E-state index contributed by atoms with van der Waals surface area (Å²) in [5.74, 6) is -1.28. The van der Waals surface area contributed by atoms with Gasteiger partial charge in [0.15, 0.2) is 0 Å². The van der Waals surface area contributed by atoms with E-state index in [1.165, 1.54) is 15.8 Å². The van der Waals surface area contributed by atoms with Gasteiger partial charge in [-0.3, -0.25) is 4.79 Å². The minimum atomic E-state index is -0.753. The van der Waals surface area contributed by atoms with Crippen LogP contribution in [-0.4, -0.2) is 32.7 Å². The predicted octanol–water partition coefficient (Wildman–Crippen LogP) is 2.77. The van der Waals surface area contributed by atoms with Crippen LogP contribution in [0.15, 0.2) is 42.5 Å². The van der Waals surface area contributed by atoms with Crippen molar-refractivity contribution in [1.82, 2.24) is 20.2 Å². The maximum absolute atomic E-state index is 13.9. The first kappa shape index (κ1) is 16.3. The molecule has 3 aromatic rings. The third kappa shape index (κ3) is 2.73. The molecule has 1 amide bonds. The number of hydrogen-bond acceptors (Lipinski definition) is 4. The number of rotatable bonds is 3. The fraction of sp³-hybridized carbons (Fsp3) is 0.222. The average Bonchev–Trinajstić information content (AvgIpc) is 3.28. The van der Waals surface area contributed by atoms with Gasteiger partial charge in [0.25, 0.3) is 5.91 Å². The number of halogens is 2. The molecule has 132 valence electrons. The number of amides is 1. The number of carbonyl (C=O) groups excluding carboxylic acids is 1. The number of tetrazole rings is 1. The van der Waals surface area contributed by atoms with E-state index in [1.54, 1.807) is 6.92 Å². The van der Waals surface area contributed by atoms with Crippen molar-refractivity contribution in [3.63, 3.8) is 0 Å². The Kier molecular flexibility index (Phi) is 3.95. The van der Waals surface area contributed by atoms with Crippen LogP contribution < -0.4 is 4.90 Å². The van der Waals surface area contributed by atoms with E-state index in [1.807, 2.05) is 30.3 Å². The Hall–Kier alpha value is -3.16. The van der Waals surface area contributed by atoms with Crippen molar-refractivity contribution in [3.8, 4) is 11.4 Å². The zero-order chi connectivity index (χ0) is 18.3. The molecule has 6 nitrogen and oxygen atoms in total. The van der Waals surface area contributed by atoms with Crippen molar-refractivity contribution >= 4 is 11.6 Å². The number of anilines is 1. The summed E-state index contributed by atoms with van der Waals surface area (Å²) in [6.07, 6.45) is 0.347. The van der Waals surface area contributed by atoms with E-state index in [9.17, 15) is 13.6 Å². The van der Waals surface area contributed by atoms with Crippen molar-refractivity contribution in [1.29, 1.82) is 0 Å². The molecule has 0 aliphatic carbocycles. The van der Waals surface area contributed by atoms with Gasteiger partial charge in [-0.25, -0.2) is 8.78 Å². The highest BCUT2D eigenvalue weighted by molar-refractivity contribution is 5.97. The first-order valence-corrected chi connectivity index (χ1v) is 8.19. The second-order valence-corrected chi connectivity index (χ2v) is 6.10. The van der Waals surface area contributed by atoms with Crippen molar-refractivity contribution in [2.75, 3.05) is 11.4 Å². The standard InChI is InChI=1S/C18H15F2N5O/c1-11(25-22-17(21-23-25)12-5-3-2-4-6-12)18(26)24-8-7-14-15(20)9-13(19)10-16(14)24/h2-6,9-11H,7-8H2,1H3. The van der Waals surface area contributed by atoms with Gasteiger partial charge in [0.1, 0.15) is 17.7 Å². The number of hydrogen-bond donors (Lipinski definition) is 0. The maximum atomic E-state index is 13.9. The van der Waals surface area contributed by atoms with Crippen LogP contribution in [0, 0.1) is 11.6 Å². The molecule has 0 bridgehead atoms. The van der Waals surface area contributed by atoms with Crippen molar-refractivity contribution in [2.24, 2.45) is 0 Å². The number of carbonyl (C=O) groups is 1. The molecule has 1 aromatic heterocycles. The Morgan fingerprint density at radius 1 is 1.19 bits per heavy atom. The van der Waals surface area contributed by atoms with Crippen LogP contribution in [0.3, 0.4) is 0 Å². The molecule has 0 spiro atoms. The van der Waals surface area contributed by atoms with Gasteiger partial charge < -0.3 is 4.90 Å². The molecule has 1 atom stereocenters. The Labute approximate surface area is 148 Å². The van der Waals surface area contributed by atoms with E-state index in [0.29, 0.717) is 24.4 Å². The molecule has 8 heteroatoms. The van der Waals surface area contributed by atoms with Gasteiger partial charge in [0.05, 0.1) is 5.69 Å². The topological polar surface area (TPSA) is 63.9 Å². The van der Waals surface area contributed by atoms with Crippen LogP contribution in [0.25, 0.3) is 11.4 Å². The monoisotopic (exact) mass is 355 g/mol. The Morgan fingerprint density at radius 2 is 1.96 bits per heavy atom. The van der Waals surface area contributed by atoms with Gasteiger partial charge >= 0.3 is 0 Å². The smallest absolute Gasteiger partial charge is 0.253 e. The van der Waals surface area contributed by atoms with Gasteiger partial charge in [-0.15, -0.1) is 10.2 Å². The minimum absolute atomic E-state index is 0.266. The molecule has 26 heavy (non-hydrogen) atoms. The van der Waals surface area contributed by atoms with Gasteiger partial charge in [-0.2, -0.15) is 4.80 Å². The first-order chi connectivity index (χ1) is 12.5. The van der Waals surface area contributed by atoms with E-state index in [4.69, 9.17) is 0 Å². The Balaban J connectivity index is 1.60. The molecule has 4 rings (SSSR count). The van der Waals surface area contributed by atoms with Crippen LogP contribution in [-0.2, 0) is 11.2 Å². The van der Waals surface area contributed by atoms with Crippen LogP contribution in [0.5, 0.6) is 0 Å². The Bertz CT molecular complexity index is 973. The van der Waals surface area contributed by atoms with Gasteiger partial charge in [-0.1, -0.05) is 30.3 Å². The highest BCUT2D eigenvalue weighted by Crippen LogP contribution is 2.32. The summed E-state index contributed by atoms with van der Waals surface area (Å²) in [5.41, 5.74) is 1.40. The number of aromatic nitrogens is 4. The zero-order valence-corrected chi connectivity index (χ0v) is 13.9. The fourth-order valence-electron chi connectivity index (χ4n) is 3.07. The number of nitrogens with zero attached hydrogens (tertiary/aromatic N) is 5. The number of benzene rings is 2. The lowest BCUT2D eigenvalue weighted by molar-refractivity contribution is -0.121. The van der Waals surface area contributed by atoms with E-state index in [2.05, 4.69) is 15.4 Å². The molecule has 2 heterocycles. The lowest BCUT2D eigenvalue weighted by Gasteiger charge is -2.20. The molecule has 0 saturated heterocycles.